The number of rotatable bonds is 4. The van der Waals surface area contributed by atoms with Gasteiger partial charge in [0.05, 0.1) is 11.4 Å². The average molecular weight is 400 g/mol. The zero-order valence-electron chi connectivity index (χ0n) is 14.2. The van der Waals surface area contributed by atoms with E-state index < -0.39 is 11.6 Å². The maximum atomic E-state index is 13.7. The summed E-state index contributed by atoms with van der Waals surface area (Å²) < 4.78 is 34.5. The van der Waals surface area contributed by atoms with Gasteiger partial charge in [-0.2, -0.15) is 14.8 Å². The summed E-state index contributed by atoms with van der Waals surface area (Å²) in [7, 11) is 0. The zero-order valence-corrected chi connectivity index (χ0v) is 14.9. The molecule has 2 N–H and O–H groups in total. The van der Waals surface area contributed by atoms with E-state index in [9.17, 15) is 8.78 Å². The minimum absolute atomic E-state index is 0.00219. The third-order valence-corrected chi connectivity index (χ3v) is 4.14. The quantitative estimate of drug-likeness (QED) is 0.506. The van der Waals surface area contributed by atoms with Crippen molar-refractivity contribution in [3.05, 3.63) is 77.7 Å². The number of benzene rings is 2. The van der Waals surface area contributed by atoms with Crippen LogP contribution in [0.5, 0.6) is 11.8 Å². The molecule has 0 aliphatic carbocycles. The molecule has 0 aliphatic rings. The molecule has 9 heteroatoms. The lowest BCUT2D eigenvalue weighted by Crippen LogP contribution is -2.03. The topological polar surface area (TPSA) is 78.8 Å². The highest BCUT2D eigenvalue weighted by atomic mass is 35.5. The van der Waals surface area contributed by atoms with Crippen LogP contribution in [0.2, 0.25) is 5.15 Å². The molecule has 2 heterocycles. The molecule has 4 aromatic rings. The van der Waals surface area contributed by atoms with Crippen LogP contribution in [0.3, 0.4) is 0 Å². The molecule has 0 radical (unpaired) electrons. The summed E-state index contributed by atoms with van der Waals surface area (Å²) in [5.74, 6) is -1.35. The van der Waals surface area contributed by atoms with Crippen molar-refractivity contribution >= 4 is 17.3 Å². The van der Waals surface area contributed by atoms with E-state index in [1.54, 1.807) is 6.07 Å². The van der Waals surface area contributed by atoms with E-state index >= 15 is 0 Å². The van der Waals surface area contributed by atoms with E-state index in [1.807, 2.05) is 30.3 Å². The van der Waals surface area contributed by atoms with Crippen molar-refractivity contribution in [2.24, 2.45) is 0 Å². The number of nitrogens with two attached hydrogens (primary N) is 1. The number of anilines is 1. The van der Waals surface area contributed by atoms with Crippen LogP contribution in [0.1, 0.15) is 0 Å². The second-order valence-electron chi connectivity index (χ2n) is 5.76. The summed E-state index contributed by atoms with van der Waals surface area (Å²) in [6, 6.07) is 13.9. The molecule has 0 saturated carbocycles. The Balaban J connectivity index is 1.85. The van der Waals surface area contributed by atoms with Crippen LogP contribution >= 0.6 is 11.6 Å². The Morgan fingerprint density at radius 2 is 1.68 bits per heavy atom. The van der Waals surface area contributed by atoms with Crippen LogP contribution in [-0.4, -0.2) is 19.7 Å². The van der Waals surface area contributed by atoms with Crippen LogP contribution in [0.4, 0.5) is 14.5 Å². The van der Waals surface area contributed by atoms with E-state index in [1.165, 1.54) is 11.0 Å². The number of aromatic nitrogens is 4. The lowest BCUT2D eigenvalue weighted by molar-refractivity contribution is 0.428. The SMILES string of the molecule is Nc1c(Cl)ncnc1Oc1cc(-c2ccccc2)nn1-c1cc(F)cc(F)c1. The average Bonchev–Trinajstić information content (AvgIpc) is 3.09. The van der Waals surface area contributed by atoms with Crippen LogP contribution in [0.15, 0.2) is 60.9 Å². The van der Waals surface area contributed by atoms with Gasteiger partial charge in [-0.15, -0.1) is 0 Å². The Hall–Kier alpha value is -3.52. The third-order valence-electron chi connectivity index (χ3n) is 3.84. The maximum Gasteiger partial charge on any atom is 0.249 e. The van der Waals surface area contributed by atoms with E-state index in [-0.39, 0.29) is 28.3 Å². The highest BCUT2D eigenvalue weighted by molar-refractivity contribution is 6.32. The summed E-state index contributed by atoms with van der Waals surface area (Å²) >= 11 is 5.90. The molecule has 0 spiro atoms. The number of hydrogen-bond acceptors (Lipinski definition) is 5. The third kappa shape index (κ3) is 3.49. The van der Waals surface area contributed by atoms with Gasteiger partial charge < -0.3 is 10.5 Å². The number of nitrogen functional groups attached to an aromatic ring is 1. The van der Waals surface area contributed by atoms with Crippen molar-refractivity contribution in [3.63, 3.8) is 0 Å². The predicted molar refractivity (Wildman–Crippen MR) is 100 cm³/mol. The zero-order chi connectivity index (χ0) is 19.7. The van der Waals surface area contributed by atoms with Crippen molar-refractivity contribution < 1.29 is 13.5 Å². The number of nitrogens with zero attached hydrogens (tertiary/aromatic N) is 4. The van der Waals surface area contributed by atoms with Crippen LogP contribution in [0.25, 0.3) is 16.9 Å². The summed E-state index contributed by atoms with van der Waals surface area (Å²) in [5.41, 5.74) is 7.33. The van der Waals surface area contributed by atoms with Crippen LogP contribution < -0.4 is 10.5 Å². The lowest BCUT2D eigenvalue weighted by atomic mass is 10.2. The Labute approximate surface area is 163 Å². The molecule has 0 fully saturated rings. The summed E-state index contributed by atoms with van der Waals surface area (Å²) in [5, 5.41) is 4.45. The summed E-state index contributed by atoms with van der Waals surface area (Å²) in [6.45, 7) is 0. The van der Waals surface area contributed by atoms with Gasteiger partial charge in [-0.3, -0.25) is 0 Å². The molecular weight excluding hydrogens is 388 g/mol. The molecule has 2 aromatic heterocycles. The van der Waals surface area contributed by atoms with Gasteiger partial charge in [-0.1, -0.05) is 41.9 Å². The summed E-state index contributed by atoms with van der Waals surface area (Å²) in [4.78, 5) is 7.72. The lowest BCUT2D eigenvalue weighted by Gasteiger charge is -2.10. The standard InChI is InChI=1S/C19H12ClF2N5O/c20-18-17(23)19(25-10-24-18)28-16-9-15(11-4-2-1-3-5-11)26-27(16)14-7-12(21)6-13(22)8-14/h1-10H,23H2. The minimum atomic E-state index is -0.748. The second-order valence-corrected chi connectivity index (χ2v) is 6.12. The minimum Gasteiger partial charge on any atom is -0.418 e. The number of ether oxygens (including phenoxy) is 1. The second kappa shape index (κ2) is 7.24. The van der Waals surface area contributed by atoms with Gasteiger partial charge in [0, 0.05) is 17.7 Å². The molecule has 4 rings (SSSR count). The summed E-state index contributed by atoms with van der Waals surface area (Å²) in [6.07, 6.45) is 1.19. The predicted octanol–water partition coefficient (Wildman–Crippen LogP) is 4.64. The fourth-order valence-corrected chi connectivity index (χ4v) is 2.70. The van der Waals surface area contributed by atoms with Crippen molar-refractivity contribution in [2.45, 2.75) is 0 Å². The molecule has 0 aliphatic heterocycles. The number of halogens is 3. The Bertz CT molecular complexity index is 1130. The van der Waals surface area contributed by atoms with Gasteiger partial charge in [0.2, 0.25) is 11.8 Å². The fraction of sp³-hybridized carbons (Fsp3) is 0. The van der Waals surface area contributed by atoms with Crippen LogP contribution in [-0.2, 0) is 0 Å². The van der Waals surface area contributed by atoms with Gasteiger partial charge in [-0.05, 0) is 12.1 Å². The first-order valence-corrected chi connectivity index (χ1v) is 8.45. The first-order chi connectivity index (χ1) is 13.5. The van der Waals surface area contributed by atoms with Crippen LogP contribution in [0, 0.1) is 11.6 Å². The Morgan fingerprint density at radius 3 is 2.39 bits per heavy atom. The highest BCUT2D eigenvalue weighted by Crippen LogP contribution is 2.33. The van der Waals surface area contributed by atoms with Crippen molar-refractivity contribution in [1.82, 2.24) is 19.7 Å². The Morgan fingerprint density at radius 1 is 0.964 bits per heavy atom. The van der Waals surface area contributed by atoms with E-state index in [4.69, 9.17) is 22.1 Å². The molecule has 0 amide bonds. The van der Waals surface area contributed by atoms with E-state index in [0.717, 1.165) is 23.8 Å². The first kappa shape index (κ1) is 17.9. The molecule has 2 aromatic carbocycles. The molecule has 0 bridgehead atoms. The van der Waals surface area contributed by atoms with Gasteiger partial charge in [0.1, 0.15) is 23.6 Å². The molecule has 28 heavy (non-hydrogen) atoms. The van der Waals surface area contributed by atoms with Crippen molar-refractivity contribution in [1.29, 1.82) is 0 Å². The van der Waals surface area contributed by atoms with Crippen molar-refractivity contribution in [2.75, 3.05) is 5.73 Å². The number of hydrogen-bond donors (Lipinski definition) is 1. The largest absolute Gasteiger partial charge is 0.418 e. The van der Waals surface area contributed by atoms with Gasteiger partial charge >= 0.3 is 0 Å². The molecule has 0 saturated heterocycles. The van der Waals surface area contributed by atoms with Crippen molar-refractivity contribution in [3.8, 4) is 28.7 Å². The smallest absolute Gasteiger partial charge is 0.249 e. The molecule has 0 atom stereocenters. The molecule has 6 nitrogen and oxygen atoms in total. The van der Waals surface area contributed by atoms with Gasteiger partial charge in [-0.25, -0.2) is 13.8 Å². The normalized spacial score (nSPS) is 10.8. The van der Waals surface area contributed by atoms with E-state index in [2.05, 4.69) is 15.1 Å². The highest BCUT2D eigenvalue weighted by Gasteiger charge is 2.17. The molecule has 0 unspecified atom stereocenters. The molecule has 140 valence electrons. The maximum absolute atomic E-state index is 13.7. The Kier molecular flexibility index (Phi) is 4.62. The monoisotopic (exact) mass is 399 g/mol. The van der Waals surface area contributed by atoms with Gasteiger partial charge in [0.15, 0.2) is 5.15 Å². The first-order valence-electron chi connectivity index (χ1n) is 8.07. The van der Waals surface area contributed by atoms with E-state index in [0.29, 0.717) is 5.69 Å². The fourth-order valence-electron chi connectivity index (χ4n) is 2.57. The van der Waals surface area contributed by atoms with Gasteiger partial charge in [0.25, 0.3) is 0 Å². The molecular formula is C19H12ClF2N5O.